The van der Waals surface area contributed by atoms with Gasteiger partial charge in [0.1, 0.15) is 12.0 Å². The van der Waals surface area contributed by atoms with E-state index in [-0.39, 0.29) is 17.5 Å². The minimum atomic E-state index is -0.0447. The van der Waals surface area contributed by atoms with Gasteiger partial charge < -0.3 is 0 Å². The highest BCUT2D eigenvalue weighted by atomic mass is 16.2. The standard InChI is InChI=1S/C11H17N3O/c1-7-5-8-12-10(11(2,3)4)13-14(8)9(15)6-7/h6,8H,5H2,1-4H3,(H,12,13). The van der Waals surface area contributed by atoms with Gasteiger partial charge in [-0.2, -0.15) is 0 Å². The van der Waals surface area contributed by atoms with Crippen molar-refractivity contribution >= 4 is 11.7 Å². The molecule has 2 heterocycles. The van der Waals surface area contributed by atoms with E-state index in [1.807, 2.05) is 6.92 Å². The Labute approximate surface area is 90.0 Å². The molecule has 4 nitrogen and oxygen atoms in total. The maximum atomic E-state index is 11.7. The first-order valence-electron chi connectivity index (χ1n) is 5.23. The minimum Gasteiger partial charge on any atom is -0.280 e. The van der Waals surface area contributed by atoms with Gasteiger partial charge in [0, 0.05) is 17.9 Å². The molecule has 1 amide bonds. The molecule has 0 aromatic rings. The van der Waals surface area contributed by atoms with E-state index in [9.17, 15) is 4.79 Å². The highest BCUT2D eigenvalue weighted by molar-refractivity contribution is 5.96. The van der Waals surface area contributed by atoms with Crippen LogP contribution in [0.15, 0.2) is 16.6 Å². The average Bonchev–Trinajstić information content (AvgIpc) is 2.46. The van der Waals surface area contributed by atoms with Crippen LogP contribution in [0.4, 0.5) is 0 Å². The molecule has 0 aliphatic carbocycles. The predicted octanol–water partition coefficient (Wildman–Crippen LogP) is 1.45. The first-order chi connectivity index (χ1) is 6.88. The molecule has 2 rings (SSSR count). The SMILES string of the molecule is CC1=CC(=O)N2NC(C(C)(C)C)=NC2C1. The summed E-state index contributed by atoms with van der Waals surface area (Å²) < 4.78 is 0. The number of nitrogens with zero attached hydrogens (tertiary/aromatic N) is 2. The van der Waals surface area contributed by atoms with Gasteiger partial charge in [0.15, 0.2) is 0 Å². The maximum absolute atomic E-state index is 11.7. The highest BCUT2D eigenvalue weighted by Gasteiger charge is 2.36. The first kappa shape index (κ1) is 10.2. The third-order valence-electron chi connectivity index (χ3n) is 2.62. The molecular weight excluding hydrogens is 190 g/mol. The van der Waals surface area contributed by atoms with Crippen molar-refractivity contribution in [2.24, 2.45) is 10.4 Å². The lowest BCUT2D eigenvalue weighted by atomic mass is 9.95. The van der Waals surface area contributed by atoms with Crippen LogP contribution in [0, 0.1) is 5.41 Å². The molecule has 4 heteroatoms. The second-order valence-corrected chi connectivity index (χ2v) is 5.22. The number of rotatable bonds is 0. The van der Waals surface area contributed by atoms with Gasteiger partial charge in [-0.1, -0.05) is 26.3 Å². The smallest absolute Gasteiger partial charge is 0.266 e. The molecule has 0 spiro atoms. The van der Waals surface area contributed by atoms with Gasteiger partial charge in [0.2, 0.25) is 0 Å². The summed E-state index contributed by atoms with van der Waals surface area (Å²) in [6, 6.07) is 0. The van der Waals surface area contributed by atoms with Crippen molar-refractivity contribution in [3.05, 3.63) is 11.6 Å². The van der Waals surface area contributed by atoms with E-state index in [0.29, 0.717) is 0 Å². The van der Waals surface area contributed by atoms with Crippen molar-refractivity contribution in [1.82, 2.24) is 10.4 Å². The third-order valence-corrected chi connectivity index (χ3v) is 2.62. The number of aliphatic imine (C=N–C) groups is 1. The predicted molar refractivity (Wildman–Crippen MR) is 59.0 cm³/mol. The maximum Gasteiger partial charge on any atom is 0.266 e. The van der Waals surface area contributed by atoms with Crippen LogP contribution in [0.25, 0.3) is 0 Å². The summed E-state index contributed by atoms with van der Waals surface area (Å²) in [6.07, 6.45) is 2.46. The van der Waals surface area contributed by atoms with Gasteiger partial charge in [-0.3, -0.25) is 10.2 Å². The van der Waals surface area contributed by atoms with E-state index < -0.39 is 0 Å². The fourth-order valence-corrected chi connectivity index (χ4v) is 1.75. The van der Waals surface area contributed by atoms with Crippen molar-refractivity contribution in [1.29, 1.82) is 0 Å². The third kappa shape index (κ3) is 1.76. The van der Waals surface area contributed by atoms with Crippen LogP contribution in [0.3, 0.4) is 0 Å². The molecule has 82 valence electrons. The fraction of sp³-hybridized carbons (Fsp3) is 0.636. The first-order valence-corrected chi connectivity index (χ1v) is 5.23. The van der Waals surface area contributed by atoms with Crippen LogP contribution >= 0.6 is 0 Å². The Morgan fingerprint density at radius 3 is 2.80 bits per heavy atom. The summed E-state index contributed by atoms with van der Waals surface area (Å²) in [4.78, 5) is 16.2. The molecule has 0 fully saturated rings. The van der Waals surface area contributed by atoms with Crippen molar-refractivity contribution < 1.29 is 4.79 Å². The molecule has 0 aromatic carbocycles. The molecule has 0 bridgehead atoms. The van der Waals surface area contributed by atoms with Crippen LogP contribution in [-0.4, -0.2) is 22.9 Å². The number of amides is 1. The molecule has 1 atom stereocenters. The topological polar surface area (TPSA) is 44.7 Å². The number of nitrogens with one attached hydrogen (secondary N) is 1. The number of hydrogen-bond acceptors (Lipinski definition) is 3. The summed E-state index contributed by atoms with van der Waals surface area (Å²) in [5.74, 6) is 0.899. The molecule has 2 aliphatic rings. The number of amidine groups is 1. The highest BCUT2D eigenvalue weighted by Crippen LogP contribution is 2.26. The van der Waals surface area contributed by atoms with E-state index in [1.54, 1.807) is 11.1 Å². The van der Waals surface area contributed by atoms with Gasteiger partial charge >= 0.3 is 0 Å². The average molecular weight is 207 g/mol. The molecule has 1 N–H and O–H groups in total. The molecule has 0 saturated heterocycles. The summed E-state index contributed by atoms with van der Waals surface area (Å²) in [6.45, 7) is 8.23. The second kappa shape index (κ2) is 3.08. The zero-order valence-corrected chi connectivity index (χ0v) is 9.66. The zero-order chi connectivity index (χ0) is 11.2. The Morgan fingerprint density at radius 1 is 1.53 bits per heavy atom. The van der Waals surface area contributed by atoms with E-state index in [1.165, 1.54) is 0 Å². The van der Waals surface area contributed by atoms with Crippen molar-refractivity contribution in [3.63, 3.8) is 0 Å². The molecule has 0 aromatic heterocycles. The Hall–Kier alpha value is -1.32. The van der Waals surface area contributed by atoms with Gasteiger partial charge in [0.25, 0.3) is 5.91 Å². The van der Waals surface area contributed by atoms with E-state index in [2.05, 4.69) is 31.2 Å². The summed E-state index contributed by atoms with van der Waals surface area (Å²) >= 11 is 0. The molecular formula is C11H17N3O. The van der Waals surface area contributed by atoms with Crippen molar-refractivity contribution in [2.75, 3.05) is 0 Å². The van der Waals surface area contributed by atoms with Gasteiger partial charge in [-0.05, 0) is 6.92 Å². The van der Waals surface area contributed by atoms with Crippen molar-refractivity contribution in [3.8, 4) is 0 Å². The molecule has 0 radical (unpaired) electrons. The zero-order valence-electron chi connectivity index (χ0n) is 9.66. The summed E-state index contributed by atoms with van der Waals surface area (Å²) in [5, 5.41) is 1.62. The molecule has 15 heavy (non-hydrogen) atoms. The minimum absolute atomic E-state index is 0.00625. The van der Waals surface area contributed by atoms with E-state index in [4.69, 9.17) is 0 Å². The number of fused-ring (bicyclic) bond motifs is 1. The van der Waals surface area contributed by atoms with Crippen LogP contribution in [-0.2, 0) is 4.79 Å². The Bertz CT molecular complexity index is 363. The van der Waals surface area contributed by atoms with Crippen molar-refractivity contribution in [2.45, 2.75) is 40.3 Å². The fourth-order valence-electron chi connectivity index (χ4n) is 1.75. The van der Waals surface area contributed by atoms with E-state index in [0.717, 1.165) is 17.8 Å². The summed E-state index contributed by atoms with van der Waals surface area (Å²) in [5.41, 5.74) is 4.16. The second-order valence-electron chi connectivity index (χ2n) is 5.22. The van der Waals surface area contributed by atoms with Gasteiger partial charge in [-0.25, -0.2) is 10.0 Å². The van der Waals surface area contributed by atoms with E-state index >= 15 is 0 Å². The normalized spacial score (nSPS) is 25.7. The van der Waals surface area contributed by atoms with Gasteiger partial charge in [-0.15, -0.1) is 0 Å². The molecule has 2 aliphatic heterocycles. The quantitative estimate of drug-likeness (QED) is 0.653. The van der Waals surface area contributed by atoms with Crippen LogP contribution < -0.4 is 5.43 Å². The lowest BCUT2D eigenvalue weighted by Gasteiger charge is -2.27. The van der Waals surface area contributed by atoms with Crippen LogP contribution in [0.1, 0.15) is 34.1 Å². The lowest BCUT2D eigenvalue weighted by Crippen LogP contribution is -2.48. The number of carbonyl (C=O) groups is 1. The molecule has 0 saturated carbocycles. The summed E-state index contributed by atoms with van der Waals surface area (Å²) in [7, 11) is 0. The molecule has 1 unspecified atom stereocenters. The van der Waals surface area contributed by atoms with Crippen LogP contribution in [0.2, 0.25) is 0 Å². The Balaban J connectivity index is 2.24. The number of carbonyl (C=O) groups excluding carboxylic acids is 1. The largest absolute Gasteiger partial charge is 0.280 e. The number of hydrazine groups is 1. The number of hydrogen-bond donors (Lipinski definition) is 1. The monoisotopic (exact) mass is 207 g/mol. The van der Waals surface area contributed by atoms with Crippen LogP contribution in [0.5, 0.6) is 0 Å². The Kier molecular flexibility index (Phi) is 2.10. The van der Waals surface area contributed by atoms with Gasteiger partial charge in [0.05, 0.1) is 0 Å². The lowest BCUT2D eigenvalue weighted by molar-refractivity contribution is -0.130. The Morgan fingerprint density at radius 2 is 2.20 bits per heavy atom.